The van der Waals surface area contributed by atoms with Crippen molar-refractivity contribution in [1.29, 1.82) is 0 Å². The van der Waals surface area contributed by atoms with Gasteiger partial charge in [0.05, 0.1) is 19.8 Å². The van der Waals surface area contributed by atoms with Crippen LogP contribution in [0.5, 0.6) is 0 Å². The molecule has 0 radical (unpaired) electrons. The summed E-state index contributed by atoms with van der Waals surface area (Å²) in [6, 6.07) is 16.9. The first-order chi connectivity index (χ1) is 15.8. The Hall–Kier alpha value is -3.76. The zero-order valence-corrected chi connectivity index (χ0v) is 19.7. The maximum atomic E-state index is 12.5. The molecule has 0 atom stereocenters. The third-order valence-corrected chi connectivity index (χ3v) is 6.07. The first-order valence-electron chi connectivity index (χ1n) is 9.68. The van der Waals surface area contributed by atoms with Gasteiger partial charge in [0.1, 0.15) is 9.88 Å². The molecule has 10 heteroatoms. The van der Waals surface area contributed by atoms with Crippen LogP contribution in [0.3, 0.4) is 0 Å². The van der Waals surface area contributed by atoms with Crippen molar-refractivity contribution >= 4 is 51.5 Å². The largest absolute Gasteiger partial charge is 0.465 e. The maximum absolute atomic E-state index is 12.5. The number of thiophene rings is 1. The van der Waals surface area contributed by atoms with Crippen LogP contribution in [0.2, 0.25) is 0 Å². The van der Waals surface area contributed by atoms with Gasteiger partial charge in [0.2, 0.25) is 0 Å². The topological polar surface area (TPSA) is 106 Å². The van der Waals surface area contributed by atoms with Gasteiger partial charge >= 0.3 is 11.9 Å². The van der Waals surface area contributed by atoms with Crippen molar-refractivity contribution in [3.05, 3.63) is 76.2 Å². The van der Waals surface area contributed by atoms with E-state index in [9.17, 15) is 14.4 Å². The molecule has 0 spiro atoms. The van der Waals surface area contributed by atoms with E-state index in [0.29, 0.717) is 16.1 Å². The molecule has 0 saturated heterocycles. The molecule has 1 amide bonds. The number of anilines is 1. The van der Waals surface area contributed by atoms with Gasteiger partial charge in [-0.05, 0) is 48.0 Å². The lowest BCUT2D eigenvalue weighted by Gasteiger charge is -2.12. The molecule has 1 aromatic heterocycles. The molecular formula is C23H21N3O5S2. The molecule has 0 unspecified atom stereocenters. The molecule has 170 valence electrons. The van der Waals surface area contributed by atoms with E-state index in [0.717, 1.165) is 22.5 Å². The molecule has 0 aliphatic carbocycles. The van der Waals surface area contributed by atoms with Crippen LogP contribution in [-0.2, 0) is 9.47 Å². The number of thiocarbonyl (C=S) groups is 1. The lowest BCUT2D eigenvalue weighted by atomic mass is 10.0. The molecule has 3 N–H and O–H groups in total. The highest BCUT2D eigenvalue weighted by molar-refractivity contribution is 7.80. The molecule has 33 heavy (non-hydrogen) atoms. The van der Waals surface area contributed by atoms with Gasteiger partial charge in [0.25, 0.3) is 5.91 Å². The highest BCUT2D eigenvalue weighted by Crippen LogP contribution is 2.34. The number of methoxy groups -OCH3 is 2. The molecule has 8 nitrogen and oxygen atoms in total. The summed E-state index contributed by atoms with van der Waals surface area (Å²) in [5, 5.41) is 3.13. The predicted molar refractivity (Wildman–Crippen MR) is 130 cm³/mol. The number of esters is 2. The van der Waals surface area contributed by atoms with E-state index in [2.05, 4.69) is 16.2 Å². The van der Waals surface area contributed by atoms with E-state index >= 15 is 0 Å². The molecule has 0 saturated carbocycles. The number of carbonyl (C=O) groups is 3. The first kappa shape index (κ1) is 23.9. The molecular weight excluding hydrogens is 462 g/mol. The van der Waals surface area contributed by atoms with Crippen LogP contribution < -0.4 is 16.2 Å². The van der Waals surface area contributed by atoms with Crippen molar-refractivity contribution in [2.45, 2.75) is 6.92 Å². The molecule has 0 bridgehead atoms. The molecule has 0 fully saturated rings. The number of hydrazine groups is 1. The van der Waals surface area contributed by atoms with Gasteiger partial charge < -0.3 is 14.8 Å². The Labute approximate surface area is 199 Å². The van der Waals surface area contributed by atoms with Gasteiger partial charge in [-0.1, -0.05) is 42.5 Å². The van der Waals surface area contributed by atoms with Crippen LogP contribution in [0.25, 0.3) is 11.1 Å². The van der Waals surface area contributed by atoms with Crippen molar-refractivity contribution in [2.75, 3.05) is 19.5 Å². The average Bonchev–Trinajstić information content (AvgIpc) is 3.17. The number of ether oxygens (including phenoxy) is 2. The summed E-state index contributed by atoms with van der Waals surface area (Å²) in [4.78, 5) is 36.9. The van der Waals surface area contributed by atoms with E-state index in [1.165, 1.54) is 14.2 Å². The van der Waals surface area contributed by atoms with Gasteiger partial charge in [-0.15, -0.1) is 11.3 Å². The van der Waals surface area contributed by atoms with Gasteiger partial charge in [-0.3, -0.25) is 15.6 Å². The number of benzene rings is 2. The Morgan fingerprint density at radius 3 is 2.06 bits per heavy atom. The normalized spacial score (nSPS) is 10.2. The zero-order chi connectivity index (χ0) is 24.0. The standard InChI is InChI=1S/C23H21N3O5S2/c1-13-17(21(28)30-2)20(33-18(13)22(29)31-3)24-23(32)26-25-19(27)16-11-9-15(10-12-16)14-7-5-4-6-8-14/h4-12H,1-3H3,(H,25,27)(H2,24,26,32). The number of amides is 1. The lowest BCUT2D eigenvalue weighted by molar-refractivity contribution is 0.0601. The van der Waals surface area contributed by atoms with E-state index in [1.807, 2.05) is 42.5 Å². The third kappa shape index (κ3) is 5.54. The van der Waals surface area contributed by atoms with Gasteiger partial charge in [-0.2, -0.15) is 0 Å². The van der Waals surface area contributed by atoms with Crippen LogP contribution in [0.4, 0.5) is 5.00 Å². The fraction of sp³-hybridized carbons (Fsp3) is 0.130. The number of carbonyl (C=O) groups excluding carboxylic acids is 3. The van der Waals surface area contributed by atoms with Crippen LogP contribution in [0.15, 0.2) is 54.6 Å². The fourth-order valence-corrected chi connectivity index (χ4v) is 4.34. The molecule has 0 aliphatic heterocycles. The number of hydrogen-bond acceptors (Lipinski definition) is 7. The van der Waals surface area contributed by atoms with Crippen LogP contribution in [-0.4, -0.2) is 37.2 Å². The summed E-state index contributed by atoms with van der Waals surface area (Å²) in [6.45, 7) is 1.61. The Kier molecular flexibility index (Phi) is 7.75. The van der Waals surface area contributed by atoms with Crippen molar-refractivity contribution in [1.82, 2.24) is 10.9 Å². The van der Waals surface area contributed by atoms with Crippen LogP contribution in [0, 0.1) is 6.92 Å². The van der Waals surface area contributed by atoms with Crippen molar-refractivity contribution in [2.24, 2.45) is 0 Å². The van der Waals surface area contributed by atoms with E-state index in [1.54, 1.807) is 19.1 Å². The van der Waals surface area contributed by atoms with Crippen molar-refractivity contribution in [3.8, 4) is 11.1 Å². The predicted octanol–water partition coefficient (Wildman–Crippen LogP) is 3.93. The minimum absolute atomic E-state index is 0.0204. The molecule has 2 aromatic carbocycles. The van der Waals surface area contributed by atoms with E-state index in [-0.39, 0.29) is 15.6 Å². The second-order valence-corrected chi connectivity index (χ2v) is 8.15. The summed E-state index contributed by atoms with van der Waals surface area (Å²) in [5.41, 5.74) is 8.13. The zero-order valence-electron chi connectivity index (χ0n) is 18.1. The van der Waals surface area contributed by atoms with Crippen molar-refractivity contribution in [3.63, 3.8) is 0 Å². The van der Waals surface area contributed by atoms with Crippen LogP contribution >= 0.6 is 23.6 Å². The Bertz CT molecular complexity index is 1190. The smallest absolute Gasteiger partial charge is 0.348 e. The minimum Gasteiger partial charge on any atom is -0.465 e. The number of rotatable bonds is 5. The van der Waals surface area contributed by atoms with Crippen LogP contribution in [0.1, 0.15) is 36.0 Å². The summed E-state index contributed by atoms with van der Waals surface area (Å²) in [5.74, 6) is -1.61. The SMILES string of the molecule is COC(=O)c1sc(NC(=S)NNC(=O)c2ccc(-c3ccccc3)cc2)c(C(=O)OC)c1C. The summed E-state index contributed by atoms with van der Waals surface area (Å²) >= 11 is 6.21. The fourth-order valence-electron chi connectivity index (χ4n) is 3.00. The Morgan fingerprint density at radius 1 is 0.848 bits per heavy atom. The number of hydrogen-bond donors (Lipinski definition) is 3. The molecule has 1 heterocycles. The second-order valence-electron chi connectivity index (χ2n) is 6.72. The first-order valence-corrected chi connectivity index (χ1v) is 10.9. The molecule has 3 rings (SSSR count). The number of nitrogens with one attached hydrogen (secondary N) is 3. The minimum atomic E-state index is -0.633. The van der Waals surface area contributed by atoms with Crippen molar-refractivity contribution < 1.29 is 23.9 Å². The second kappa shape index (κ2) is 10.7. The van der Waals surface area contributed by atoms with Gasteiger partial charge in [-0.25, -0.2) is 9.59 Å². The summed E-state index contributed by atoms with van der Waals surface area (Å²) in [7, 11) is 2.49. The highest BCUT2D eigenvalue weighted by Gasteiger charge is 2.26. The van der Waals surface area contributed by atoms with E-state index < -0.39 is 17.8 Å². The third-order valence-electron chi connectivity index (χ3n) is 4.68. The Morgan fingerprint density at radius 2 is 1.45 bits per heavy atom. The lowest BCUT2D eigenvalue weighted by Crippen LogP contribution is -2.43. The Balaban J connectivity index is 1.66. The maximum Gasteiger partial charge on any atom is 0.348 e. The quantitative estimate of drug-likeness (QED) is 0.285. The molecule has 0 aliphatic rings. The molecule has 3 aromatic rings. The highest BCUT2D eigenvalue weighted by atomic mass is 32.1. The van der Waals surface area contributed by atoms with E-state index in [4.69, 9.17) is 21.7 Å². The summed E-state index contributed by atoms with van der Waals surface area (Å²) in [6.07, 6.45) is 0. The monoisotopic (exact) mass is 483 g/mol. The summed E-state index contributed by atoms with van der Waals surface area (Å²) < 4.78 is 9.56. The van der Waals surface area contributed by atoms with Gasteiger partial charge in [0.15, 0.2) is 5.11 Å². The van der Waals surface area contributed by atoms with Gasteiger partial charge in [0, 0.05) is 5.56 Å². The average molecular weight is 484 g/mol.